The van der Waals surface area contributed by atoms with Crippen LogP contribution in [0.1, 0.15) is 19.0 Å². The second-order valence-electron chi connectivity index (χ2n) is 3.14. The minimum Gasteiger partial charge on any atom is -0.392 e. The van der Waals surface area contributed by atoms with Crippen LogP contribution in [0.5, 0.6) is 0 Å². The van der Waals surface area contributed by atoms with Gasteiger partial charge in [-0.05, 0) is 18.5 Å². The number of rotatable bonds is 4. The van der Waals surface area contributed by atoms with Crippen molar-refractivity contribution < 1.29 is 4.79 Å². The second kappa shape index (κ2) is 5.41. The lowest BCUT2D eigenvalue weighted by atomic mass is 10.3. The van der Waals surface area contributed by atoms with Gasteiger partial charge in [0.2, 0.25) is 5.28 Å². The standard InChI is InChI=1S/C9H11ClN4O2/c1-5(15)2-3-12-4-6-7(11)8(16)14-9(10)13-6/h4H,2-3,11H2,1H3,(H,13,14,16). The van der Waals surface area contributed by atoms with E-state index in [1.807, 2.05) is 0 Å². The average molecular weight is 243 g/mol. The van der Waals surface area contributed by atoms with E-state index in [0.29, 0.717) is 13.0 Å². The molecule has 0 aromatic carbocycles. The van der Waals surface area contributed by atoms with Gasteiger partial charge < -0.3 is 5.73 Å². The molecule has 1 aromatic rings. The SMILES string of the molecule is CC(=O)CCN=Cc1nc(Cl)[nH]c(=O)c1N. The topological polar surface area (TPSA) is 101 Å². The summed E-state index contributed by atoms with van der Waals surface area (Å²) in [4.78, 5) is 31.8. The molecule has 0 saturated carbocycles. The molecule has 0 aliphatic carbocycles. The molecule has 0 aliphatic rings. The van der Waals surface area contributed by atoms with Crippen LogP contribution in [0, 0.1) is 0 Å². The van der Waals surface area contributed by atoms with Gasteiger partial charge in [0, 0.05) is 19.2 Å². The van der Waals surface area contributed by atoms with Crippen molar-refractivity contribution in [1.82, 2.24) is 9.97 Å². The molecule has 7 heteroatoms. The predicted molar refractivity (Wildman–Crippen MR) is 62.0 cm³/mol. The Balaban J connectivity index is 2.81. The molecule has 0 fully saturated rings. The number of Topliss-reactive ketones (excluding diaryl/α,β-unsaturated/α-hetero) is 1. The number of hydrogen-bond donors (Lipinski definition) is 2. The van der Waals surface area contributed by atoms with Crippen molar-refractivity contribution in [3.05, 3.63) is 21.3 Å². The second-order valence-corrected chi connectivity index (χ2v) is 3.50. The van der Waals surface area contributed by atoms with Crippen molar-refractivity contribution in [1.29, 1.82) is 0 Å². The molecule has 0 atom stereocenters. The summed E-state index contributed by atoms with van der Waals surface area (Å²) in [5, 5.41) is -0.0489. The molecule has 6 nitrogen and oxygen atoms in total. The van der Waals surface area contributed by atoms with E-state index in [1.54, 1.807) is 0 Å². The smallest absolute Gasteiger partial charge is 0.275 e. The van der Waals surface area contributed by atoms with E-state index in [2.05, 4.69) is 15.0 Å². The molecule has 0 radical (unpaired) electrons. The molecule has 1 heterocycles. The Morgan fingerprint density at radius 3 is 3.00 bits per heavy atom. The minimum absolute atomic E-state index is 0.0435. The predicted octanol–water partition coefficient (Wildman–Crippen LogP) is 0.403. The molecule has 16 heavy (non-hydrogen) atoms. The number of carbonyl (C=O) groups is 1. The first-order chi connectivity index (χ1) is 7.50. The third-order valence-corrected chi connectivity index (χ3v) is 1.94. The number of hydrogen-bond acceptors (Lipinski definition) is 5. The zero-order valence-electron chi connectivity index (χ0n) is 8.66. The summed E-state index contributed by atoms with van der Waals surface area (Å²) in [5.41, 5.74) is 5.12. The van der Waals surface area contributed by atoms with Gasteiger partial charge in [-0.2, -0.15) is 0 Å². The largest absolute Gasteiger partial charge is 0.392 e. The summed E-state index contributed by atoms with van der Waals surface area (Å²) < 4.78 is 0. The Hall–Kier alpha value is -1.69. The summed E-state index contributed by atoms with van der Waals surface area (Å²) in [6.07, 6.45) is 1.67. The maximum Gasteiger partial charge on any atom is 0.275 e. The van der Waals surface area contributed by atoms with Gasteiger partial charge in [0.05, 0.1) is 0 Å². The molecule has 3 N–H and O–H groups in total. The van der Waals surface area contributed by atoms with E-state index < -0.39 is 5.56 Å². The minimum atomic E-state index is -0.506. The third kappa shape index (κ3) is 3.47. The van der Waals surface area contributed by atoms with Crippen molar-refractivity contribution in [3.63, 3.8) is 0 Å². The maximum atomic E-state index is 11.2. The molecule has 0 amide bonds. The zero-order chi connectivity index (χ0) is 12.1. The number of anilines is 1. The van der Waals surface area contributed by atoms with Gasteiger partial charge in [0.15, 0.2) is 0 Å². The molecule has 86 valence electrons. The lowest BCUT2D eigenvalue weighted by Crippen LogP contribution is -2.16. The molecule has 1 rings (SSSR count). The number of nitrogens with two attached hydrogens (primary N) is 1. The highest BCUT2D eigenvalue weighted by atomic mass is 35.5. The Bertz CT molecular complexity index is 481. The van der Waals surface area contributed by atoms with Gasteiger partial charge in [0.1, 0.15) is 17.2 Å². The van der Waals surface area contributed by atoms with Crippen molar-refractivity contribution in [3.8, 4) is 0 Å². The number of nitrogens with one attached hydrogen (secondary N) is 1. The molecular weight excluding hydrogens is 232 g/mol. The Morgan fingerprint density at radius 1 is 1.69 bits per heavy atom. The van der Waals surface area contributed by atoms with Crippen LogP contribution in [0.4, 0.5) is 5.69 Å². The van der Waals surface area contributed by atoms with E-state index >= 15 is 0 Å². The van der Waals surface area contributed by atoms with E-state index in [-0.39, 0.29) is 22.4 Å². The Morgan fingerprint density at radius 2 is 2.38 bits per heavy atom. The Kier molecular flexibility index (Phi) is 4.19. The number of aromatic nitrogens is 2. The monoisotopic (exact) mass is 242 g/mol. The Labute approximate surface area is 96.6 Å². The molecular formula is C9H11ClN4O2. The van der Waals surface area contributed by atoms with Gasteiger partial charge in [-0.25, -0.2) is 4.98 Å². The fourth-order valence-electron chi connectivity index (χ4n) is 0.943. The fourth-order valence-corrected chi connectivity index (χ4v) is 1.12. The van der Waals surface area contributed by atoms with E-state index in [9.17, 15) is 9.59 Å². The van der Waals surface area contributed by atoms with Crippen molar-refractivity contribution in [2.24, 2.45) is 4.99 Å². The van der Waals surface area contributed by atoms with Crippen molar-refractivity contribution in [2.45, 2.75) is 13.3 Å². The quantitative estimate of drug-likeness (QED) is 0.590. The van der Waals surface area contributed by atoms with Crippen LogP contribution in [0.2, 0.25) is 5.28 Å². The van der Waals surface area contributed by atoms with Crippen molar-refractivity contribution in [2.75, 3.05) is 12.3 Å². The first kappa shape index (κ1) is 12.4. The van der Waals surface area contributed by atoms with Crippen LogP contribution in [0.25, 0.3) is 0 Å². The highest BCUT2D eigenvalue weighted by molar-refractivity contribution is 6.28. The van der Waals surface area contributed by atoms with E-state index in [4.69, 9.17) is 17.3 Å². The molecule has 0 saturated heterocycles. The number of nitrogens with zero attached hydrogens (tertiary/aromatic N) is 2. The van der Waals surface area contributed by atoms with Gasteiger partial charge in [0.25, 0.3) is 5.56 Å². The molecule has 1 aromatic heterocycles. The molecule has 0 unspecified atom stereocenters. The summed E-state index contributed by atoms with van der Waals surface area (Å²) >= 11 is 5.55. The van der Waals surface area contributed by atoms with Gasteiger partial charge in [-0.1, -0.05) is 0 Å². The summed E-state index contributed by atoms with van der Waals surface area (Å²) in [6.45, 7) is 1.81. The molecule has 0 spiro atoms. The number of ketones is 1. The summed E-state index contributed by atoms with van der Waals surface area (Å²) in [7, 11) is 0. The van der Waals surface area contributed by atoms with Crippen LogP contribution in [0.15, 0.2) is 9.79 Å². The van der Waals surface area contributed by atoms with E-state index in [1.165, 1.54) is 13.1 Å². The number of aliphatic imine (C=N–C) groups is 1. The number of H-pyrrole nitrogens is 1. The molecule has 0 aliphatic heterocycles. The number of aromatic amines is 1. The highest BCUT2D eigenvalue weighted by Gasteiger charge is 2.04. The average Bonchev–Trinajstić information content (AvgIpc) is 2.19. The first-order valence-corrected chi connectivity index (χ1v) is 4.93. The summed E-state index contributed by atoms with van der Waals surface area (Å²) in [6, 6.07) is 0. The number of carbonyl (C=O) groups excluding carboxylic acids is 1. The van der Waals surface area contributed by atoms with Gasteiger partial charge >= 0.3 is 0 Å². The van der Waals surface area contributed by atoms with Crippen molar-refractivity contribution >= 4 is 29.3 Å². The third-order valence-electron chi connectivity index (χ3n) is 1.76. The van der Waals surface area contributed by atoms with E-state index in [0.717, 1.165) is 0 Å². The lowest BCUT2D eigenvalue weighted by Gasteiger charge is -1.98. The number of halogens is 1. The maximum absolute atomic E-state index is 11.2. The normalized spacial score (nSPS) is 10.9. The van der Waals surface area contributed by atoms with Crippen LogP contribution in [-0.4, -0.2) is 28.5 Å². The van der Waals surface area contributed by atoms with Gasteiger partial charge in [-0.15, -0.1) is 0 Å². The van der Waals surface area contributed by atoms with Crippen LogP contribution < -0.4 is 11.3 Å². The highest BCUT2D eigenvalue weighted by Crippen LogP contribution is 2.03. The molecule has 0 bridgehead atoms. The number of nitrogen functional groups attached to an aromatic ring is 1. The van der Waals surface area contributed by atoms with Crippen LogP contribution in [0.3, 0.4) is 0 Å². The van der Waals surface area contributed by atoms with Crippen LogP contribution >= 0.6 is 11.6 Å². The van der Waals surface area contributed by atoms with Crippen LogP contribution in [-0.2, 0) is 4.79 Å². The summed E-state index contributed by atoms with van der Waals surface area (Å²) in [5.74, 6) is 0.0435. The fraction of sp³-hybridized carbons (Fsp3) is 0.333. The lowest BCUT2D eigenvalue weighted by molar-refractivity contribution is -0.116. The zero-order valence-corrected chi connectivity index (χ0v) is 9.41. The van der Waals surface area contributed by atoms with Gasteiger partial charge in [-0.3, -0.25) is 19.6 Å². The first-order valence-electron chi connectivity index (χ1n) is 4.55.